The van der Waals surface area contributed by atoms with E-state index in [-0.39, 0.29) is 10.8 Å². The molecule has 0 saturated carbocycles. The maximum Gasteiger partial charge on any atom is 0.143 e. The molecule has 3 N–H and O–H groups in total. The Bertz CT molecular complexity index is 338. The van der Waals surface area contributed by atoms with E-state index in [1.165, 1.54) is 18.2 Å². The van der Waals surface area contributed by atoms with Crippen LogP contribution in [0.15, 0.2) is 23.2 Å². The first-order valence-corrected chi connectivity index (χ1v) is 3.95. The summed E-state index contributed by atoms with van der Waals surface area (Å²) in [6.07, 6.45) is 0. The van der Waals surface area contributed by atoms with E-state index in [1.54, 1.807) is 7.05 Å². The van der Waals surface area contributed by atoms with Crippen molar-refractivity contribution in [3.8, 4) is 0 Å². The molecule has 0 bridgehead atoms. The fourth-order valence-electron chi connectivity index (χ4n) is 0.944. The Balaban J connectivity index is 3.15. The van der Waals surface area contributed by atoms with Crippen molar-refractivity contribution in [2.24, 2.45) is 10.8 Å². The summed E-state index contributed by atoms with van der Waals surface area (Å²) < 4.78 is 12.6. The topological polar surface area (TPSA) is 50.4 Å². The number of rotatable bonds is 1. The third kappa shape index (κ3) is 2.17. The van der Waals surface area contributed by atoms with E-state index in [4.69, 9.17) is 17.4 Å². The second-order valence-electron chi connectivity index (χ2n) is 2.34. The lowest BCUT2D eigenvalue weighted by Gasteiger charge is -2.06. The van der Waals surface area contributed by atoms with Gasteiger partial charge in [-0.25, -0.2) is 10.2 Å². The molecule has 70 valence electrons. The Hall–Kier alpha value is -1.13. The zero-order valence-electron chi connectivity index (χ0n) is 7.01. The summed E-state index contributed by atoms with van der Waals surface area (Å²) >= 11 is 5.77. The van der Waals surface area contributed by atoms with Gasteiger partial charge in [0.25, 0.3) is 0 Å². The van der Waals surface area contributed by atoms with Crippen LogP contribution in [-0.4, -0.2) is 12.9 Å². The van der Waals surface area contributed by atoms with Crippen molar-refractivity contribution in [3.05, 3.63) is 34.6 Å². The number of nitrogens with two attached hydrogens (primary N) is 1. The third-order valence-electron chi connectivity index (χ3n) is 1.55. The highest BCUT2D eigenvalue weighted by Crippen LogP contribution is 2.16. The summed E-state index contributed by atoms with van der Waals surface area (Å²) in [7, 11) is 1.56. The minimum atomic E-state index is -0.388. The molecule has 1 aromatic carbocycles. The molecule has 0 aromatic heterocycles. The van der Waals surface area contributed by atoms with Gasteiger partial charge in [0.1, 0.15) is 11.7 Å². The first-order valence-electron chi connectivity index (χ1n) is 3.58. The highest BCUT2D eigenvalue weighted by atomic mass is 35.5. The Kier molecular flexibility index (Phi) is 3.22. The molecule has 0 aliphatic heterocycles. The van der Waals surface area contributed by atoms with Crippen LogP contribution in [0.3, 0.4) is 0 Å². The molecule has 0 radical (unpaired) electrons. The number of aliphatic imine (C=N–C) groups is 1. The SMILES string of the molecule is CN=C(NN)c1ccc(F)cc1Cl. The highest BCUT2D eigenvalue weighted by molar-refractivity contribution is 6.34. The second kappa shape index (κ2) is 4.20. The molecule has 0 atom stereocenters. The van der Waals surface area contributed by atoms with Crippen molar-refractivity contribution >= 4 is 17.4 Å². The molecular weight excluding hydrogens is 193 g/mol. The summed E-state index contributed by atoms with van der Waals surface area (Å²) in [5.41, 5.74) is 2.95. The number of nitrogens with zero attached hydrogens (tertiary/aromatic N) is 1. The summed E-state index contributed by atoms with van der Waals surface area (Å²) in [6, 6.07) is 4.02. The molecule has 0 heterocycles. The first kappa shape index (κ1) is 9.95. The van der Waals surface area contributed by atoms with Crippen LogP contribution >= 0.6 is 11.6 Å². The second-order valence-corrected chi connectivity index (χ2v) is 2.75. The quantitative estimate of drug-likeness (QED) is 0.312. The molecule has 0 saturated heterocycles. The van der Waals surface area contributed by atoms with Gasteiger partial charge < -0.3 is 5.43 Å². The third-order valence-corrected chi connectivity index (χ3v) is 1.86. The first-order chi connectivity index (χ1) is 6.19. The molecule has 13 heavy (non-hydrogen) atoms. The molecule has 0 amide bonds. The van der Waals surface area contributed by atoms with Crippen molar-refractivity contribution < 1.29 is 4.39 Å². The summed E-state index contributed by atoms with van der Waals surface area (Å²) in [5, 5.41) is 0.276. The number of hydrazine groups is 1. The van der Waals surface area contributed by atoms with Crippen LogP contribution in [0.4, 0.5) is 4.39 Å². The minimum absolute atomic E-state index is 0.276. The zero-order chi connectivity index (χ0) is 9.84. The molecule has 0 unspecified atom stereocenters. The van der Waals surface area contributed by atoms with Gasteiger partial charge in [0, 0.05) is 12.6 Å². The van der Waals surface area contributed by atoms with E-state index in [2.05, 4.69) is 10.4 Å². The number of benzene rings is 1. The fourth-order valence-corrected chi connectivity index (χ4v) is 1.20. The van der Waals surface area contributed by atoms with E-state index < -0.39 is 0 Å². The van der Waals surface area contributed by atoms with Gasteiger partial charge in [0.05, 0.1) is 5.02 Å². The van der Waals surface area contributed by atoms with Crippen LogP contribution in [0.2, 0.25) is 5.02 Å². The molecule has 0 aliphatic carbocycles. The van der Waals surface area contributed by atoms with Crippen LogP contribution < -0.4 is 11.3 Å². The molecule has 1 aromatic rings. The summed E-state index contributed by atoms with van der Waals surface area (Å²) in [6.45, 7) is 0. The molecule has 0 spiro atoms. The van der Waals surface area contributed by atoms with Gasteiger partial charge in [0.2, 0.25) is 0 Å². The Labute approximate surface area is 80.4 Å². The van der Waals surface area contributed by atoms with Crippen LogP contribution in [-0.2, 0) is 0 Å². The van der Waals surface area contributed by atoms with E-state index >= 15 is 0 Å². The average molecular weight is 202 g/mol. The monoisotopic (exact) mass is 201 g/mol. The van der Waals surface area contributed by atoms with E-state index in [0.717, 1.165) is 0 Å². The van der Waals surface area contributed by atoms with E-state index in [0.29, 0.717) is 11.4 Å². The van der Waals surface area contributed by atoms with Gasteiger partial charge in [-0.15, -0.1) is 0 Å². The van der Waals surface area contributed by atoms with Crippen molar-refractivity contribution in [2.45, 2.75) is 0 Å². The molecule has 5 heteroatoms. The molecule has 0 aliphatic rings. The van der Waals surface area contributed by atoms with Gasteiger partial charge in [0.15, 0.2) is 0 Å². The van der Waals surface area contributed by atoms with E-state index in [1.807, 2.05) is 0 Å². The lowest BCUT2D eigenvalue weighted by Crippen LogP contribution is -2.31. The van der Waals surface area contributed by atoms with Gasteiger partial charge in [-0.3, -0.25) is 4.99 Å². The fraction of sp³-hybridized carbons (Fsp3) is 0.125. The normalized spacial score (nSPS) is 11.5. The van der Waals surface area contributed by atoms with Gasteiger partial charge >= 0.3 is 0 Å². The summed E-state index contributed by atoms with van der Waals surface area (Å²) in [4.78, 5) is 3.84. The molecule has 3 nitrogen and oxygen atoms in total. The molecule has 0 fully saturated rings. The Morgan fingerprint density at radius 1 is 1.62 bits per heavy atom. The molecule has 1 rings (SSSR count). The number of halogens is 2. The number of hydrogen-bond donors (Lipinski definition) is 2. The Morgan fingerprint density at radius 3 is 2.77 bits per heavy atom. The largest absolute Gasteiger partial charge is 0.308 e. The predicted molar refractivity (Wildman–Crippen MR) is 51.2 cm³/mol. The summed E-state index contributed by atoms with van der Waals surface area (Å²) in [5.74, 6) is 5.22. The van der Waals surface area contributed by atoms with Gasteiger partial charge in [-0.05, 0) is 18.2 Å². The lowest BCUT2D eigenvalue weighted by molar-refractivity contribution is 0.628. The van der Waals surface area contributed by atoms with Crippen molar-refractivity contribution in [3.63, 3.8) is 0 Å². The smallest absolute Gasteiger partial charge is 0.143 e. The highest BCUT2D eigenvalue weighted by Gasteiger charge is 2.06. The zero-order valence-corrected chi connectivity index (χ0v) is 7.77. The van der Waals surface area contributed by atoms with Crippen LogP contribution in [0.5, 0.6) is 0 Å². The number of amidine groups is 1. The number of hydrogen-bond acceptors (Lipinski definition) is 2. The standard InChI is InChI=1S/C8H9ClFN3/c1-12-8(13-11)6-3-2-5(10)4-7(6)9/h2-4H,11H2,1H3,(H,12,13). The predicted octanol–water partition coefficient (Wildman–Crippen LogP) is 1.32. The van der Waals surface area contributed by atoms with Crippen molar-refractivity contribution in [2.75, 3.05) is 7.05 Å². The Morgan fingerprint density at radius 2 is 2.31 bits per heavy atom. The minimum Gasteiger partial charge on any atom is -0.308 e. The van der Waals surface area contributed by atoms with E-state index in [9.17, 15) is 4.39 Å². The maximum absolute atomic E-state index is 12.6. The van der Waals surface area contributed by atoms with Crippen LogP contribution in [0, 0.1) is 5.82 Å². The number of nitrogens with one attached hydrogen (secondary N) is 1. The van der Waals surface area contributed by atoms with Crippen LogP contribution in [0.25, 0.3) is 0 Å². The maximum atomic E-state index is 12.6. The van der Waals surface area contributed by atoms with Gasteiger partial charge in [-0.1, -0.05) is 11.6 Å². The van der Waals surface area contributed by atoms with Crippen molar-refractivity contribution in [1.29, 1.82) is 0 Å². The lowest BCUT2D eigenvalue weighted by atomic mass is 10.2. The van der Waals surface area contributed by atoms with Crippen molar-refractivity contribution in [1.82, 2.24) is 5.43 Å². The average Bonchev–Trinajstić information content (AvgIpc) is 2.10. The molecular formula is C8H9ClFN3. The van der Waals surface area contributed by atoms with Gasteiger partial charge in [-0.2, -0.15) is 0 Å². The van der Waals surface area contributed by atoms with Crippen LogP contribution in [0.1, 0.15) is 5.56 Å².